The van der Waals surface area contributed by atoms with Crippen molar-refractivity contribution in [2.24, 2.45) is 5.92 Å². The number of fused-ring (bicyclic) bond motifs is 2. The minimum atomic E-state index is -1.05. The van der Waals surface area contributed by atoms with Crippen LogP contribution < -0.4 is 4.74 Å². The van der Waals surface area contributed by atoms with Crippen LogP contribution in [0.3, 0.4) is 0 Å². The number of ether oxygens (including phenoxy) is 2. The van der Waals surface area contributed by atoms with E-state index in [1.807, 2.05) is 19.1 Å². The van der Waals surface area contributed by atoms with Crippen LogP contribution in [0.25, 0.3) is 0 Å². The lowest BCUT2D eigenvalue weighted by Crippen LogP contribution is -2.38. The summed E-state index contributed by atoms with van der Waals surface area (Å²) in [5.74, 6) is -0.330. The molecule has 0 N–H and O–H groups in total. The third-order valence-corrected chi connectivity index (χ3v) is 3.77. The standard InChI is InChI=1S/C14H14O4/c1-3-8-4-5-11-9(6-8)12(15)10-7-14(10,18-11)13(16)17-2/h4-6,10H,3,7H2,1-2H3/t10-,14+/m0/s1. The van der Waals surface area contributed by atoms with Crippen LogP contribution in [0.15, 0.2) is 18.2 Å². The van der Waals surface area contributed by atoms with Crippen molar-refractivity contribution >= 4 is 11.8 Å². The Kier molecular flexibility index (Phi) is 2.24. The van der Waals surface area contributed by atoms with Gasteiger partial charge in [-0.15, -0.1) is 0 Å². The van der Waals surface area contributed by atoms with Gasteiger partial charge in [0.15, 0.2) is 5.78 Å². The summed E-state index contributed by atoms with van der Waals surface area (Å²) < 4.78 is 10.4. The van der Waals surface area contributed by atoms with E-state index in [1.165, 1.54) is 7.11 Å². The molecule has 18 heavy (non-hydrogen) atoms. The van der Waals surface area contributed by atoms with E-state index in [0.717, 1.165) is 12.0 Å². The molecular weight excluding hydrogens is 232 g/mol. The van der Waals surface area contributed by atoms with Gasteiger partial charge in [-0.1, -0.05) is 13.0 Å². The number of carbonyl (C=O) groups excluding carboxylic acids is 2. The first-order chi connectivity index (χ1) is 8.62. The molecular formula is C14H14O4. The zero-order valence-electron chi connectivity index (χ0n) is 10.4. The number of benzene rings is 1. The zero-order chi connectivity index (χ0) is 12.9. The lowest BCUT2D eigenvalue weighted by Gasteiger charge is -2.23. The maximum Gasteiger partial charge on any atom is 0.351 e. The van der Waals surface area contributed by atoms with Crippen LogP contribution >= 0.6 is 0 Å². The Morgan fingerprint density at radius 3 is 3.00 bits per heavy atom. The van der Waals surface area contributed by atoms with Crippen molar-refractivity contribution in [1.82, 2.24) is 0 Å². The van der Waals surface area contributed by atoms with Gasteiger partial charge in [0, 0.05) is 6.42 Å². The number of rotatable bonds is 2. The maximum absolute atomic E-state index is 12.3. The Balaban J connectivity index is 2.02. The normalized spacial score (nSPS) is 27.9. The van der Waals surface area contributed by atoms with E-state index in [2.05, 4.69) is 0 Å². The first kappa shape index (κ1) is 11.3. The summed E-state index contributed by atoms with van der Waals surface area (Å²) in [6.45, 7) is 2.03. The number of esters is 1. The fourth-order valence-electron chi connectivity index (χ4n) is 2.56. The van der Waals surface area contributed by atoms with Crippen LogP contribution in [-0.2, 0) is 16.0 Å². The molecule has 1 aliphatic heterocycles. The molecule has 1 saturated carbocycles. The summed E-state index contributed by atoms with van der Waals surface area (Å²) in [4.78, 5) is 24.0. The van der Waals surface area contributed by atoms with E-state index < -0.39 is 11.6 Å². The summed E-state index contributed by atoms with van der Waals surface area (Å²) in [5, 5.41) is 0. The highest BCUT2D eigenvalue weighted by Gasteiger charge is 2.70. The van der Waals surface area contributed by atoms with Crippen LogP contribution in [0, 0.1) is 5.92 Å². The van der Waals surface area contributed by atoms with E-state index >= 15 is 0 Å². The summed E-state index contributed by atoms with van der Waals surface area (Å²) in [6, 6.07) is 5.54. The van der Waals surface area contributed by atoms with Crippen LogP contribution in [0.2, 0.25) is 0 Å². The number of aryl methyl sites for hydroxylation is 1. The van der Waals surface area contributed by atoms with Crippen LogP contribution in [0.1, 0.15) is 29.3 Å². The molecule has 1 aromatic rings. The first-order valence-corrected chi connectivity index (χ1v) is 6.07. The molecule has 2 atom stereocenters. The lowest BCUT2D eigenvalue weighted by molar-refractivity contribution is -0.151. The molecule has 0 amide bonds. The predicted molar refractivity (Wildman–Crippen MR) is 63.6 cm³/mol. The fourth-order valence-corrected chi connectivity index (χ4v) is 2.56. The molecule has 2 aliphatic rings. The van der Waals surface area contributed by atoms with Crippen molar-refractivity contribution < 1.29 is 19.1 Å². The van der Waals surface area contributed by atoms with Gasteiger partial charge in [-0.3, -0.25) is 4.79 Å². The Morgan fingerprint density at radius 1 is 1.56 bits per heavy atom. The molecule has 1 aromatic carbocycles. The fraction of sp³-hybridized carbons (Fsp3) is 0.429. The molecule has 4 heteroatoms. The molecule has 3 rings (SSSR count). The molecule has 4 nitrogen and oxygen atoms in total. The smallest absolute Gasteiger partial charge is 0.351 e. The highest BCUT2D eigenvalue weighted by atomic mass is 16.6. The van der Waals surface area contributed by atoms with Gasteiger partial charge < -0.3 is 9.47 Å². The largest absolute Gasteiger partial charge is 0.474 e. The molecule has 0 unspecified atom stereocenters. The number of methoxy groups -OCH3 is 1. The second-order valence-corrected chi connectivity index (χ2v) is 4.79. The minimum absolute atomic E-state index is 0.00282. The van der Waals surface area contributed by atoms with Crippen LogP contribution in [0.4, 0.5) is 0 Å². The number of Topliss-reactive ketones (excluding diaryl/α,β-unsaturated/α-hetero) is 1. The maximum atomic E-state index is 12.3. The van der Waals surface area contributed by atoms with Crippen molar-refractivity contribution in [3.63, 3.8) is 0 Å². The van der Waals surface area contributed by atoms with Gasteiger partial charge >= 0.3 is 5.97 Å². The molecule has 0 bridgehead atoms. The number of hydrogen-bond acceptors (Lipinski definition) is 4. The predicted octanol–water partition coefficient (Wildman–Crippen LogP) is 1.76. The summed E-state index contributed by atoms with van der Waals surface area (Å²) in [5.41, 5.74) is 0.639. The number of carbonyl (C=O) groups is 2. The van der Waals surface area contributed by atoms with E-state index in [1.54, 1.807) is 6.07 Å². The Labute approximate surface area is 105 Å². The molecule has 0 spiro atoms. The monoisotopic (exact) mass is 246 g/mol. The van der Waals surface area contributed by atoms with E-state index in [9.17, 15) is 9.59 Å². The van der Waals surface area contributed by atoms with Gasteiger partial charge in [0.25, 0.3) is 0 Å². The first-order valence-electron chi connectivity index (χ1n) is 6.07. The Hall–Kier alpha value is -1.84. The molecule has 94 valence electrons. The van der Waals surface area contributed by atoms with Crippen LogP contribution in [-0.4, -0.2) is 24.5 Å². The van der Waals surface area contributed by atoms with Crippen molar-refractivity contribution in [3.05, 3.63) is 29.3 Å². The van der Waals surface area contributed by atoms with Gasteiger partial charge in [0.1, 0.15) is 5.75 Å². The Morgan fingerprint density at radius 2 is 2.33 bits per heavy atom. The average molecular weight is 246 g/mol. The molecule has 1 heterocycles. The van der Waals surface area contributed by atoms with Gasteiger partial charge in [-0.05, 0) is 24.1 Å². The molecule has 0 radical (unpaired) electrons. The topological polar surface area (TPSA) is 52.6 Å². The molecule has 1 aliphatic carbocycles. The summed E-state index contributed by atoms with van der Waals surface area (Å²) in [6.07, 6.45) is 1.29. The number of ketones is 1. The van der Waals surface area contributed by atoms with Crippen LogP contribution in [0.5, 0.6) is 5.75 Å². The zero-order valence-corrected chi connectivity index (χ0v) is 10.4. The van der Waals surface area contributed by atoms with Gasteiger partial charge in [-0.25, -0.2) is 4.79 Å². The van der Waals surface area contributed by atoms with E-state index in [0.29, 0.717) is 17.7 Å². The van der Waals surface area contributed by atoms with Crippen molar-refractivity contribution in [2.45, 2.75) is 25.4 Å². The van der Waals surface area contributed by atoms with Crippen molar-refractivity contribution in [1.29, 1.82) is 0 Å². The third-order valence-electron chi connectivity index (χ3n) is 3.77. The molecule has 1 fully saturated rings. The quantitative estimate of drug-likeness (QED) is 0.746. The SMILES string of the molecule is CCc1ccc2c(c1)C(=O)[C@@H]1C[C@@]1(C(=O)OC)O2. The highest BCUT2D eigenvalue weighted by Crippen LogP contribution is 2.54. The third kappa shape index (κ3) is 1.32. The number of hydrogen-bond donors (Lipinski definition) is 0. The van der Waals surface area contributed by atoms with Crippen molar-refractivity contribution in [3.8, 4) is 5.75 Å². The van der Waals surface area contributed by atoms with Gasteiger partial charge in [0.2, 0.25) is 5.60 Å². The van der Waals surface area contributed by atoms with E-state index in [4.69, 9.17) is 9.47 Å². The van der Waals surface area contributed by atoms with Gasteiger partial charge in [-0.2, -0.15) is 0 Å². The van der Waals surface area contributed by atoms with E-state index in [-0.39, 0.29) is 11.7 Å². The van der Waals surface area contributed by atoms with Gasteiger partial charge in [0.05, 0.1) is 18.6 Å². The lowest BCUT2D eigenvalue weighted by atomic mass is 9.98. The molecule has 0 aromatic heterocycles. The second kappa shape index (κ2) is 3.57. The summed E-state index contributed by atoms with van der Waals surface area (Å²) in [7, 11) is 1.32. The average Bonchev–Trinajstić information content (AvgIpc) is 3.14. The Bertz CT molecular complexity index is 549. The molecule has 0 saturated heterocycles. The summed E-state index contributed by atoms with van der Waals surface area (Å²) >= 11 is 0. The second-order valence-electron chi connectivity index (χ2n) is 4.79. The minimum Gasteiger partial charge on any atom is -0.474 e. The highest BCUT2D eigenvalue weighted by molar-refractivity contribution is 6.09. The van der Waals surface area contributed by atoms with Crippen molar-refractivity contribution in [2.75, 3.05) is 7.11 Å².